The van der Waals surface area contributed by atoms with Gasteiger partial charge in [-0.05, 0) is 50.6 Å². The average molecular weight is 467 g/mol. The fraction of sp³-hybridized carbons (Fsp3) is 0.304. The molecule has 0 aliphatic heterocycles. The lowest BCUT2D eigenvalue weighted by Crippen LogP contribution is -2.43. The molecule has 0 saturated carbocycles. The second-order valence-corrected chi connectivity index (χ2v) is 9.16. The molecule has 0 saturated heterocycles. The van der Waals surface area contributed by atoms with Crippen LogP contribution in [0.2, 0.25) is 10.0 Å². The van der Waals surface area contributed by atoms with Crippen molar-refractivity contribution in [3.8, 4) is 0 Å². The van der Waals surface area contributed by atoms with Crippen LogP contribution in [0.5, 0.6) is 0 Å². The summed E-state index contributed by atoms with van der Waals surface area (Å²) in [6.45, 7) is 9.20. The third-order valence-corrected chi connectivity index (χ3v) is 4.95. The van der Waals surface area contributed by atoms with Gasteiger partial charge in [-0.1, -0.05) is 61.3 Å². The Kier molecular flexibility index (Phi) is 9.95. The lowest BCUT2D eigenvalue weighted by Gasteiger charge is -2.27. The molecule has 30 heavy (non-hydrogen) atoms. The Morgan fingerprint density at radius 2 is 1.57 bits per heavy atom. The van der Waals surface area contributed by atoms with Gasteiger partial charge in [-0.3, -0.25) is 9.59 Å². The zero-order valence-corrected chi connectivity index (χ0v) is 20.2. The maximum atomic E-state index is 11.9. The summed E-state index contributed by atoms with van der Waals surface area (Å²) in [5, 5.41) is 4.09. The number of hydrogen-bond donors (Lipinski definition) is 3. The van der Waals surface area contributed by atoms with Gasteiger partial charge in [0.25, 0.3) is 5.91 Å². The van der Waals surface area contributed by atoms with Gasteiger partial charge in [-0.15, -0.1) is 12.6 Å². The van der Waals surface area contributed by atoms with Crippen LogP contribution in [0.3, 0.4) is 0 Å². The Hall–Kier alpha value is -1.95. The summed E-state index contributed by atoms with van der Waals surface area (Å²) < 4.78 is 0. The van der Waals surface area contributed by atoms with E-state index in [-0.39, 0.29) is 23.3 Å². The molecule has 2 aromatic carbocycles. The summed E-state index contributed by atoms with van der Waals surface area (Å²) in [6, 6.07) is 14.4. The van der Waals surface area contributed by atoms with Crippen molar-refractivity contribution in [2.24, 2.45) is 11.7 Å². The minimum absolute atomic E-state index is 0.0310. The largest absolute Gasteiger partial charge is 0.394 e. The Bertz CT molecular complexity index is 936. The molecule has 0 heterocycles. The molecule has 0 radical (unpaired) electrons. The van der Waals surface area contributed by atoms with Crippen LogP contribution in [0.25, 0.3) is 0 Å². The van der Waals surface area contributed by atoms with Crippen LogP contribution in [0.15, 0.2) is 59.1 Å². The third kappa shape index (κ3) is 8.05. The Morgan fingerprint density at radius 3 is 2.03 bits per heavy atom. The molecule has 3 N–H and O–H groups in total. The molecule has 4 nitrogen and oxygen atoms in total. The van der Waals surface area contributed by atoms with Gasteiger partial charge in [0.05, 0.1) is 5.54 Å². The minimum Gasteiger partial charge on any atom is -0.394 e. The first-order valence-electron chi connectivity index (χ1n) is 9.38. The molecular weight excluding hydrogens is 439 g/mol. The predicted octanol–water partition coefficient (Wildman–Crippen LogP) is 5.99. The zero-order valence-electron chi connectivity index (χ0n) is 17.8. The summed E-state index contributed by atoms with van der Waals surface area (Å²) in [6.07, 6.45) is 0. The van der Waals surface area contributed by atoms with Crippen molar-refractivity contribution in [1.82, 2.24) is 5.32 Å². The van der Waals surface area contributed by atoms with Crippen molar-refractivity contribution in [3.05, 3.63) is 80.3 Å². The van der Waals surface area contributed by atoms with E-state index in [0.29, 0.717) is 20.5 Å². The Balaban J connectivity index is 0.000000325. The quantitative estimate of drug-likeness (QED) is 0.287. The lowest BCUT2D eigenvalue weighted by atomic mass is 9.94. The summed E-state index contributed by atoms with van der Waals surface area (Å²) in [5.41, 5.74) is 6.80. The van der Waals surface area contributed by atoms with E-state index in [1.54, 1.807) is 37.3 Å². The van der Waals surface area contributed by atoms with E-state index < -0.39 is 5.54 Å². The van der Waals surface area contributed by atoms with E-state index in [2.05, 4.69) is 17.9 Å². The van der Waals surface area contributed by atoms with Gasteiger partial charge in [-0.2, -0.15) is 0 Å². The van der Waals surface area contributed by atoms with Crippen molar-refractivity contribution in [2.45, 2.75) is 40.2 Å². The number of nitrogens with two attached hydrogens (primary N) is 1. The number of benzene rings is 2. The van der Waals surface area contributed by atoms with Crippen LogP contribution in [-0.4, -0.2) is 11.7 Å². The molecule has 7 heteroatoms. The SMILES string of the molecule is C/C(S)=C(/N)C(=O)NC(C)(C)c1cccc(Cl)c1.CC(C)C(=O)c1cccc(Cl)c1. The minimum atomic E-state index is -0.560. The standard InChI is InChI=1S/C13H17ClN2OS.C10H11ClO/c1-8(18)11(15)12(17)16-13(2,3)9-5-4-6-10(14)7-9;1-7(2)10(12)8-4-3-5-9(11)6-8/h4-7,18H,15H2,1-3H3,(H,16,17);3-7H,1-2H3/b11-8-;. The normalized spacial score (nSPS) is 11.9. The molecule has 0 aliphatic rings. The number of Topliss-reactive ketones (excluding diaryl/α,β-unsaturated/α-hetero) is 1. The van der Waals surface area contributed by atoms with Gasteiger partial charge >= 0.3 is 0 Å². The number of ketones is 1. The highest BCUT2D eigenvalue weighted by atomic mass is 35.5. The number of amides is 1. The second kappa shape index (κ2) is 11.4. The number of rotatable bonds is 5. The zero-order chi connectivity index (χ0) is 23.1. The predicted molar refractivity (Wildman–Crippen MR) is 129 cm³/mol. The van der Waals surface area contributed by atoms with Gasteiger partial charge in [0.2, 0.25) is 0 Å². The smallest absolute Gasteiger partial charge is 0.268 e. The summed E-state index contributed by atoms with van der Waals surface area (Å²) in [4.78, 5) is 23.8. The molecule has 0 aromatic heterocycles. The topological polar surface area (TPSA) is 72.2 Å². The summed E-state index contributed by atoms with van der Waals surface area (Å²) in [5.74, 6) is -0.173. The fourth-order valence-corrected chi connectivity index (χ4v) is 2.92. The van der Waals surface area contributed by atoms with E-state index in [4.69, 9.17) is 28.9 Å². The van der Waals surface area contributed by atoms with Crippen LogP contribution in [0.1, 0.15) is 50.5 Å². The van der Waals surface area contributed by atoms with Crippen LogP contribution < -0.4 is 11.1 Å². The average Bonchev–Trinajstić information content (AvgIpc) is 2.66. The molecule has 0 atom stereocenters. The number of thiol groups is 1. The van der Waals surface area contributed by atoms with E-state index in [1.807, 2.05) is 45.9 Å². The maximum absolute atomic E-state index is 11.9. The molecule has 1 amide bonds. The second-order valence-electron chi connectivity index (χ2n) is 7.62. The van der Waals surface area contributed by atoms with E-state index in [0.717, 1.165) is 5.56 Å². The molecule has 0 spiro atoms. The van der Waals surface area contributed by atoms with Gasteiger partial charge in [0.1, 0.15) is 5.70 Å². The Morgan fingerprint density at radius 1 is 1.03 bits per heavy atom. The molecule has 0 unspecified atom stereocenters. The third-order valence-electron chi connectivity index (χ3n) is 4.24. The van der Waals surface area contributed by atoms with Gasteiger partial charge in [-0.25, -0.2) is 0 Å². The number of hydrogen-bond acceptors (Lipinski definition) is 4. The highest BCUT2D eigenvalue weighted by Gasteiger charge is 2.24. The molecular formula is C23H28Cl2N2O2S. The van der Waals surface area contributed by atoms with Gasteiger partial charge < -0.3 is 11.1 Å². The lowest BCUT2D eigenvalue weighted by molar-refractivity contribution is -0.119. The molecule has 162 valence electrons. The van der Waals surface area contributed by atoms with E-state index in [1.165, 1.54) is 0 Å². The van der Waals surface area contributed by atoms with Gasteiger partial charge in [0.15, 0.2) is 5.78 Å². The first-order chi connectivity index (χ1) is 13.8. The highest BCUT2D eigenvalue weighted by molar-refractivity contribution is 7.84. The number of carbonyl (C=O) groups is 2. The van der Waals surface area contributed by atoms with Crippen LogP contribution in [0.4, 0.5) is 0 Å². The number of nitrogens with one attached hydrogen (secondary N) is 1. The summed E-state index contributed by atoms with van der Waals surface area (Å²) >= 11 is 15.7. The van der Waals surface area contributed by atoms with Crippen molar-refractivity contribution < 1.29 is 9.59 Å². The van der Waals surface area contributed by atoms with Crippen LogP contribution in [0, 0.1) is 5.92 Å². The van der Waals surface area contributed by atoms with Crippen molar-refractivity contribution in [3.63, 3.8) is 0 Å². The first kappa shape index (κ1) is 26.1. The van der Waals surface area contributed by atoms with Gasteiger partial charge in [0, 0.05) is 26.4 Å². The maximum Gasteiger partial charge on any atom is 0.268 e. The number of halogens is 2. The van der Waals surface area contributed by atoms with Crippen molar-refractivity contribution >= 4 is 47.5 Å². The number of carbonyl (C=O) groups excluding carboxylic acids is 2. The fourth-order valence-electron chi connectivity index (χ4n) is 2.44. The Labute approximate surface area is 194 Å². The molecule has 2 aromatic rings. The monoisotopic (exact) mass is 466 g/mol. The van der Waals surface area contributed by atoms with Crippen molar-refractivity contribution in [1.29, 1.82) is 0 Å². The molecule has 0 fully saturated rings. The first-order valence-corrected chi connectivity index (χ1v) is 10.6. The molecule has 2 rings (SSSR count). The van der Waals surface area contributed by atoms with Crippen molar-refractivity contribution in [2.75, 3.05) is 0 Å². The highest BCUT2D eigenvalue weighted by Crippen LogP contribution is 2.23. The van der Waals surface area contributed by atoms with E-state index in [9.17, 15) is 9.59 Å². The summed E-state index contributed by atoms with van der Waals surface area (Å²) in [7, 11) is 0. The number of allylic oxidation sites excluding steroid dienone is 1. The van der Waals surface area contributed by atoms with Crippen LogP contribution in [-0.2, 0) is 10.3 Å². The molecule has 0 aliphatic carbocycles. The van der Waals surface area contributed by atoms with Crippen LogP contribution >= 0.6 is 35.8 Å². The molecule has 0 bridgehead atoms. The van der Waals surface area contributed by atoms with E-state index >= 15 is 0 Å².